The van der Waals surface area contributed by atoms with E-state index >= 15 is 0 Å². The summed E-state index contributed by atoms with van der Waals surface area (Å²) in [5, 5.41) is 28.7. The number of nitrogen functional groups attached to an aromatic ring is 1. The molecule has 1 aromatic carbocycles. The van der Waals surface area contributed by atoms with Gasteiger partial charge in [0.05, 0.1) is 11.4 Å². The lowest BCUT2D eigenvalue weighted by Crippen LogP contribution is -2.22. The number of nitrogens with zero attached hydrogens (tertiary/aromatic N) is 6. The number of amides is 1. The summed E-state index contributed by atoms with van der Waals surface area (Å²) in [5.74, 6) is -0.360. The molecule has 11 nitrogen and oxygen atoms in total. The molecule has 1 amide bonds. The summed E-state index contributed by atoms with van der Waals surface area (Å²) < 4.78 is 5.90. The second kappa shape index (κ2) is 7.23. The summed E-state index contributed by atoms with van der Waals surface area (Å²) in [6.45, 7) is 5.45. The summed E-state index contributed by atoms with van der Waals surface area (Å²) in [7, 11) is 0. The average Bonchev–Trinajstić information content (AvgIpc) is 3.25. The molecule has 3 aromatic rings. The minimum Gasteiger partial charge on any atom is -0.508 e. The molecule has 27 heavy (non-hydrogen) atoms. The molecule has 140 valence electrons. The maximum absolute atomic E-state index is 12.6. The van der Waals surface area contributed by atoms with Gasteiger partial charge in [-0.2, -0.15) is 9.78 Å². The SMILES string of the molecule is C/C(=N/NC(=O)c1nnn(-c2nonc2N)c1C(C)C)c1cccc(O)c1. The fourth-order valence-corrected chi connectivity index (χ4v) is 2.45. The highest BCUT2D eigenvalue weighted by atomic mass is 16.6. The number of hydrogen-bond acceptors (Lipinski definition) is 9. The van der Waals surface area contributed by atoms with Gasteiger partial charge < -0.3 is 10.8 Å². The highest BCUT2D eigenvalue weighted by Gasteiger charge is 2.25. The van der Waals surface area contributed by atoms with Crippen LogP contribution in [-0.2, 0) is 0 Å². The highest BCUT2D eigenvalue weighted by molar-refractivity contribution is 6.00. The van der Waals surface area contributed by atoms with Crippen molar-refractivity contribution in [1.82, 2.24) is 30.7 Å². The van der Waals surface area contributed by atoms with Crippen LogP contribution in [0, 0.1) is 0 Å². The zero-order valence-corrected chi connectivity index (χ0v) is 14.9. The molecule has 0 atom stereocenters. The lowest BCUT2D eigenvalue weighted by molar-refractivity contribution is 0.0948. The van der Waals surface area contributed by atoms with E-state index in [-0.39, 0.29) is 29.0 Å². The van der Waals surface area contributed by atoms with Gasteiger partial charge >= 0.3 is 0 Å². The van der Waals surface area contributed by atoms with Crippen LogP contribution in [-0.4, -0.2) is 42.0 Å². The summed E-state index contributed by atoms with van der Waals surface area (Å²) >= 11 is 0. The second-order valence-corrected chi connectivity index (χ2v) is 6.05. The van der Waals surface area contributed by atoms with E-state index in [1.807, 2.05) is 13.8 Å². The molecule has 3 rings (SSSR count). The number of nitrogens with one attached hydrogen (secondary N) is 1. The minimum atomic E-state index is -0.542. The maximum Gasteiger partial charge on any atom is 0.293 e. The lowest BCUT2D eigenvalue weighted by atomic mass is 10.1. The van der Waals surface area contributed by atoms with Gasteiger partial charge in [0.15, 0.2) is 5.69 Å². The molecule has 4 N–H and O–H groups in total. The van der Waals surface area contributed by atoms with Crippen LogP contribution in [0.25, 0.3) is 5.82 Å². The Morgan fingerprint density at radius 3 is 2.78 bits per heavy atom. The van der Waals surface area contributed by atoms with Gasteiger partial charge in [-0.25, -0.2) is 10.1 Å². The molecule has 2 aromatic heterocycles. The van der Waals surface area contributed by atoms with E-state index in [9.17, 15) is 9.90 Å². The van der Waals surface area contributed by atoms with Crippen LogP contribution in [0.4, 0.5) is 5.82 Å². The standard InChI is InChI=1S/C16H18N8O3/c1-8(2)13-12(19-23-24(13)15-14(17)21-27-22-15)16(26)20-18-9(3)10-5-4-6-11(25)7-10/h4-8,25H,1-3H3,(H2,17,21)(H,20,26)/b18-9-. The van der Waals surface area contributed by atoms with E-state index in [4.69, 9.17) is 5.73 Å². The zero-order valence-electron chi connectivity index (χ0n) is 14.9. The topological polar surface area (TPSA) is 157 Å². The number of hydrazone groups is 1. The van der Waals surface area contributed by atoms with Gasteiger partial charge in [-0.15, -0.1) is 5.10 Å². The Labute approximate surface area is 153 Å². The van der Waals surface area contributed by atoms with Gasteiger partial charge in [0.25, 0.3) is 5.91 Å². The van der Waals surface area contributed by atoms with Gasteiger partial charge in [-0.05, 0) is 35.3 Å². The van der Waals surface area contributed by atoms with Crippen molar-refractivity contribution in [3.05, 3.63) is 41.2 Å². The van der Waals surface area contributed by atoms with Gasteiger partial charge in [-0.1, -0.05) is 31.2 Å². The van der Waals surface area contributed by atoms with E-state index in [2.05, 4.69) is 35.8 Å². The Balaban J connectivity index is 1.88. The first-order chi connectivity index (χ1) is 12.9. The van der Waals surface area contributed by atoms with Gasteiger partial charge in [0.2, 0.25) is 11.6 Å². The molecule has 0 aliphatic rings. The maximum atomic E-state index is 12.6. The predicted molar refractivity (Wildman–Crippen MR) is 95.5 cm³/mol. The van der Waals surface area contributed by atoms with Crippen LogP contribution >= 0.6 is 0 Å². The van der Waals surface area contributed by atoms with Crippen molar-refractivity contribution in [3.8, 4) is 11.6 Å². The summed E-state index contributed by atoms with van der Waals surface area (Å²) in [6, 6.07) is 6.54. The number of benzene rings is 1. The number of phenolic OH excluding ortho intramolecular Hbond substituents is 1. The molecule has 0 radical (unpaired) electrons. The van der Waals surface area contributed by atoms with E-state index in [1.54, 1.807) is 31.2 Å². The van der Waals surface area contributed by atoms with Crippen LogP contribution in [0.5, 0.6) is 5.75 Å². The third-order valence-electron chi connectivity index (χ3n) is 3.75. The monoisotopic (exact) mass is 370 g/mol. The number of nitrogens with two attached hydrogens (primary N) is 1. The normalized spacial score (nSPS) is 11.8. The number of carbonyl (C=O) groups is 1. The summed E-state index contributed by atoms with van der Waals surface area (Å²) in [5.41, 5.74) is 9.91. The quantitative estimate of drug-likeness (QED) is 0.447. The van der Waals surface area contributed by atoms with Gasteiger partial charge in [-0.3, -0.25) is 4.79 Å². The number of phenols is 1. The van der Waals surface area contributed by atoms with Gasteiger partial charge in [0, 0.05) is 5.56 Å². The van der Waals surface area contributed by atoms with Crippen molar-refractivity contribution in [2.24, 2.45) is 5.10 Å². The van der Waals surface area contributed by atoms with Crippen molar-refractivity contribution >= 4 is 17.4 Å². The van der Waals surface area contributed by atoms with Crippen LogP contribution in [0.15, 0.2) is 34.0 Å². The van der Waals surface area contributed by atoms with E-state index < -0.39 is 5.91 Å². The first-order valence-electron chi connectivity index (χ1n) is 8.06. The molecule has 0 fully saturated rings. The first-order valence-corrected chi connectivity index (χ1v) is 8.06. The van der Waals surface area contributed by atoms with E-state index in [0.717, 1.165) is 0 Å². The van der Waals surface area contributed by atoms with Crippen molar-refractivity contribution in [3.63, 3.8) is 0 Å². The molecule has 0 saturated carbocycles. The molecular formula is C16H18N8O3. The number of aromatic nitrogens is 5. The van der Waals surface area contributed by atoms with E-state index in [1.165, 1.54) is 4.68 Å². The molecular weight excluding hydrogens is 352 g/mol. The third kappa shape index (κ3) is 3.61. The molecule has 11 heteroatoms. The Bertz CT molecular complexity index is 1000. The number of aromatic hydroxyl groups is 1. The summed E-state index contributed by atoms with van der Waals surface area (Å²) in [4.78, 5) is 12.6. The fourth-order valence-electron chi connectivity index (χ4n) is 2.45. The molecule has 0 saturated heterocycles. The average molecular weight is 370 g/mol. The zero-order chi connectivity index (χ0) is 19.6. The molecule has 2 heterocycles. The molecule has 0 bridgehead atoms. The van der Waals surface area contributed by atoms with Crippen molar-refractivity contribution in [2.75, 3.05) is 5.73 Å². The van der Waals surface area contributed by atoms with Crippen LogP contribution < -0.4 is 11.2 Å². The number of anilines is 1. The third-order valence-corrected chi connectivity index (χ3v) is 3.75. The Morgan fingerprint density at radius 2 is 2.15 bits per heavy atom. The van der Waals surface area contributed by atoms with Crippen molar-refractivity contribution < 1.29 is 14.5 Å². The van der Waals surface area contributed by atoms with Crippen LogP contribution in [0.3, 0.4) is 0 Å². The first kappa shape index (κ1) is 18.0. The van der Waals surface area contributed by atoms with Crippen LogP contribution in [0.2, 0.25) is 0 Å². The molecule has 0 unspecified atom stereocenters. The largest absolute Gasteiger partial charge is 0.508 e. The smallest absolute Gasteiger partial charge is 0.293 e. The van der Waals surface area contributed by atoms with Crippen molar-refractivity contribution in [1.29, 1.82) is 0 Å². The molecule has 0 aliphatic carbocycles. The highest BCUT2D eigenvalue weighted by Crippen LogP contribution is 2.22. The Kier molecular flexibility index (Phi) is 4.83. The number of rotatable bonds is 5. The molecule has 0 spiro atoms. The van der Waals surface area contributed by atoms with Gasteiger partial charge in [0.1, 0.15) is 5.75 Å². The summed E-state index contributed by atoms with van der Waals surface area (Å²) in [6.07, 6.45) is 0. The number of carbonyl (C=O) groups excluding carboxylic acids is 1. The number of hydrogen-bond donors (Lipinski definition) is 3. The Morgan fingerprint density at radius 1 is 1.37 bits per heavy atom. The van der Waals surface area contributed by atoms with Crippen molar-refractivity contribution in [2.45, 2.75) is 26.7 Å². The Hall–Kier alpha value is -3.76. The lowest BCUT2D eigenvalue weighted by Gasteiger charge is -2.08. The predicted octanol–water partition coefficient (Wildman–Crippen LogP) is 1.22. The molecule has 0 aliphatic heterocycles. The second-order valence-electron chi connectivity index (χ2n) is 6.05. The fraction of sp³-hybridized carbons (Fsp3) is 0.250. The van der Waals surface area contributed by atoms with E-state index in [0.29, 0.717) is 17.0 Å². The van der Waals surface area contributed by atoms with Crippen LogP contribution in [0.1, 0.15) is 48.4 Å². The minimum absolute atomic E-state index is 0.0338.